The van der Waals surface area contributed by atoms with Crippen LogP contribution in [0.15, 0.2) is 0 Å². The molecule has 0 aromatic carbocycles. The van der Waals surface area contributed by atoms with E-state index in [1.165, 1.54) is 0 Å². The van der Waals surface area contributed by atoms with Crippen molar-refractivity contribution in [3.63, 3.8) is 0 Å². The first-order valence-electron chi connectivity index (χ1n) is 2.63. The lowest BCUT2D eigenvalue weighted by Gasteiger charge is -2.04. The van der Waals surface area contributed by atoms with Crippen LogP contribution in [0.25, 0.3) is 0 Å². The van der Waals surface area contributed by atoms with Gasteiger partial charge in [-0.15, -0.1) is 0 Å². The summed E-state index contributed by atoms with van der Waals surface area (Å²) in [6, 6.07) is -0.592. The minimum Gasteiger partial charge on any atom is -0.352 e. The molecule has 0 bridgehead atoms. The van der Waals surface area contributed by atoms with Crippen LogP contribution in [0.5, 0.6) is 0 Å². The normalized spacial score (nSPS) is 26.0. The number of amides is 2. The minimum atomic E-state index is -0.592. The Kier molecular flexibility index (Phi) is 1.86. The van der Waals surface area contributed by atoms with Gasteiger partial charge in [-0.05, 0) is 0 Å². The number of urea groups is 1. The van der Waals surface area contributed by atoms with Gasteiger partial charge < -0.3 is 11.1 Å². The number of nitrogens with one attached hydrogen (secondary N) is 1. The summed E-state index contributed by atoms with van der Waals surface area (Å²) >= 11 is 0. The van der Waals surface area contributed by atoms with Gasteiger partial charge in [0.1, 0.15) is 0 Å². The van der Waals surface area contributed by atoms with E-state index in [0.717, 1.165) is 0 Å². The van der Waals surface area contributed by atoms with Gasteiger partial charge in [0.05, 0.1) is 6.61 Å². The Morgan fingerprint density at radius 3 is 3.00 bits per heavy atom. The zero-order valence-corrected chi connectivity index (χ0v) is 4.79. The summed E-state index contributed by atoms with van der Waals surface area (Å²) in [5, 5.41) is 2.33. The molecule has 2 amide bonds. The summed E-state index contributed by atoms with van der Waals surface area (Å²) in [6.45, 7) is 0.505. The van der Waals surface area contributed by atoms with Gasteiger partial charge in [0.25, 0.3) is 0 Å². The van der Waals surface area contributed by atoms with Crippen LogP contribution in [0.2, 0.25) is 0 Å². The minimum absolute atomic E-state index is 0.359. The lowest BCUT2D eigenvalue weighted by molar-refractivity contribution is -0.277. The highest BCUT2D eigenvalue weighted by Crippen LogP contribution is 2.03. The van der Waals surface area contributed by atoms with E-state index in [-0.39, 0.29) is 6.23 Å². The van der Waals surface area contributed by atoms with Crippen molar-refractivity contribution in [1.82, 2.24) is 5.32 Å². The van der Waals surface area contributed by atoms with Crippen LogP contribution in [-0.4, -0.2) is 18.9 Å². The molecule has 3 N–H and O–H groups in total. The maximum Gasteiger partial charge on any atom is 0.314 e. The molecule has 1 rings (SSSR count). The zero-order valence-electron chi connectivity index (χ0n) is 4.79. The summed E-state index contributed by atoms with van der Waals surface area (Å²) in [7, 11) is 0. The van der Waals surface area contributed by atoms with Crippen LogP contribution < -0.4 is 11.1 Å². The topological polar surface area (TPSA) is 73.6 Å². The zero-order chi connectivity index (χ0) is 6.69. The fourth-order valence-electron chi connectivity index (χ4n) is 0.588. The molecule has 0 aromatic heterocycles. The third-order valence-electron chi connectivity index (χ3n) is 0.951. The molecule has 0 spiro atoms. The van der Waals surface area contributed by atoms with Crippen LogP contribution >= 0.6 is 0 Å². The Morgan fingerprint density at radius 1 is 1.78 bits per heavy atom. The van der Waals surface area contributed by atoms with Gasteiger partial charge in [0, 0.05) is 6.42 Å². The van der Waals surface area contributed by atoms with Crippen molar-refractivity contribution < 1.29 is 14.6 Å². The predicted molar refractivity (Wildman–Crippen MR) is 28.2 cm³/mol. The van der Waals surface area contributed by atoms with E-state index in [0.29, 0.717) is 13.0 Å². The quantitative estimate of drug-likeness (QED) is 0.465. The second-order valence-electron chi connectivity index (χ2n) is 1.70. The van der Waals surface area contributed by atoms with Crippen molar-refractivity contribution in [1.29, 1.82) is 0 Å². The number of carbonyl (C=O) groups is 1. The van der Waals surface area contributed by atoms with Gasteiger partial charge in [-0.25, -0.2) is 14.6 Å². The SMILES string of the molecule is NC(=O)NC1CCOO1. The number of primary amides is 1. The molecule has 1 unspecified atom stereocenters. The van der Waals surface area contributed by atoms with Crippen LogP contribution in [-0.2, 0) is 9.78 Å². The fourth-order valence-corrected chi connectivity index (χ4v) is 0.588. The number of hydrogen-bond acceptors (Lipinski definition) is 3. The van der Waals surface area contributed by atoms with Gasteiger partial charge in [-0.3, -0.25) is 0 Å². The molecule has 1 atom stereocenters. The number of rotatable bonds is 1. The molecular formula is C4H8N2O3. The highest BCUT2D eigenvalue weighted by molar-refractivity contribution is 5.71. The first-order valence-corrected chi connectivity index (χ1v) is 2.63. The highest BCUT2D eigenvalue weighted by Gasteiger charge is 2.17. The lowest BCUT2D eigenvalue weighted by atomic mass is 10.4. The molecule has 0 radical (unpaired) electrons. The third-order valence-corrected chi connectivity index (χ3v) is 0.951. The van der Waals surface area contributed by atoms with Crippen LogP contribution in [0, 0.1) is 0 Å². The van der Waals surface area contributed by atoms with E-state index in [1.807, 2.05) is 0 Å². The molecule has 1 saturated heterocycles. The predicted octanol–water partition coefficient (Wildman–Crippen LogP) is -0.667. The van der Waals surface area contributed by atoms with E-state index in [2.05, 4.69) is 15.1 Å². The molecule has 5 nitrogen and oxygen atoms in total. The smallest absolute Gasteiger partial charge is 0.314 e. The Labute approximate surface area is 52.0 Å². The molecule has 52 valence electrons. The summed E-state index contributed by atoms with van der Waals surface area (Å²) < 4.78 is 0. The van der Waals surface area contributed by atoms with Crippen molar-refractivity contribution in [2.75, 3.05) is 6.61 Å². The van der Waals surface area contributed by atoms with Gasteiger partial charge >= 0.3 is 6.03 Å². The summed E-state index contributed by atoms with van der Waals surface area (Å²) in [5.74, 6) is 0. The van der Waals surface area contributed by atoms with Crippen molar-refractivity contribution in [2.24, 2.45) is 5.73 Å². The molecule has 1 aliphatic heterocycles. The van der Waals surface area contributed by atoms with Crippen molar-refractivity contribution >= 4 is 6.03 Å². The molecular weight excluding hydrogens is 124 g/mol. The van der Waals surface area contributed by atoms with E-state index >= 15 is 0 Å². The Bertz CT molecular complexity index is 110. The van der Waals surface area contributed by atoms with Crippen molar-refractivity contribution in [2.45, 2.75) is 12.6 Å². The monoisotopic (exact) mass is 132 g/mol. The Morgan fingerprint density at radius 2 is 2.56 bits per heavy atom. The van der Waals surface area contributed by atoms with Gasteiger partial charge in [0.15, 0.2) is 6.23 Å². The first-order chi connectivity index (χ1) is 4.29. The number of nitrogens with two attached hydrogens (primary N) is 1. The second kappa shape index (κ2) is 2.65. The molecule has 0 aliphatic carbocycles. The van der Waals surface area contributed by atoms with E-state index < -0.39 is 6.03 Å². The summed E-state index contributed by atoms with van der Waals surface area (Å²) in [6.07, 6.45) is 0.297. The van der Waals surface area contributed by atoms with Gasteiger partial charge in [-0.1, -0.05) is 0 Å². The third kappa shape index (κ3) is 1.87. The number of carbonyl (C=O) groups excluding carboxylic acids is 1. The van der Waals surface area contributed by atoms with Gasteiger partial charge in [-0.2, -0.15) is 0 Å². The lowest BCUT2D eigenvalue weighted by Crippen LogP contribution is -2.37. The Balaban J connectivity index is 2.19. The summed E-state index contributed by atoms with van der Waals surface area (Å²) in [4.78, 5) is 19.2. The molecule has 0 saturated carbocycles. The largest absolute Gasteiger partial charge is 0.352 e. The highest BCUT2D eigenvalue weighted by atomic mass is 17.2. The maximum atomic E-state index is 10.1. The fraction of sp³-hybridized carbons (Fsp3) is 0.750. The average Bonchev–Trinajstić information content (AvgIpc) is 2.15. The van der Waals surface area contributed by atoms with E-state index in [1.54, 1.807) is 0 Å². The molecule has 0 aromatic rings. The molecule has 9 heavy (non-hydrogen) atoms. The first kappa shape index (κ1) is 6.31. The van der Waals surface area contributed by atoms with Crippen LogP contribution in [0.3, 0.4) is 0 Å². The molecule has 1 heterocycles. The molecule has 1 fully saturated rings. The maximum absolute atomic E-state index is 10.1. The van der Waals surface area contributed by atoms with Crippen LogP contribution in [0.1, 0.15) is 6.42 Å². The van der Waals surface area contributed by atoms with E-state index in [4.69, 9.17) is 5.73 Å². The number of hydrogen-bond donors (Lipinski definition) is 2. The molecule has 1 aliphatic rings. The molecule has 5 heteroatoms. The van der Waals surface area contributed by atoms with Gasteiger partial charge in [0.2, 0.25) is 0 Å². The summed E-state index contributed by atoms with van der Waals surface area (Å²) in [5.41, 5.74) is 4.79. The average molecular weight is 132 g/mol. The van der Waals surface area contributed by atoms with Crippen molar-refractivity contribution in [3.05, 3.63) is 0 Å². The van der Waals surface area contributed by atoms with Crippen LogP contribution in [0.4, 0.5) is 4.79 Å². The standard InChI is InChI=1S/C4H8N2O3/c5-4(7)6-3-1-2-8-9-3/h3H,1-2H2,(H3,5,6,7). The Hall–Kier alpha value is -0.810. The van der Waals surface area contributed by atoms with E-state index in [9.17, 15) is 4.79 Å². The van der Waals surface area contributed by atoms with Crippen molar-refractivity contribution in [3.8, 4) is 0 Å². The second-order valence-corrected chi connectivity index (χ2v) is 1.70.